The van der Waals surface area contributed by atoms with Crippen molar-refractivity contribution in [2.75, 3.05) is 11.5 Å². The van der Waals surface area contributed by atoms with Gasteiger partial charge in [0.05, 0.1) is 18.5 Å². The minimum absolute atomic E-state index is 0.566. The zero-order valence-corrected chi connectivity index (χ0v) is 27.7. The monoisotopic (exact) mass is 806 g/mol. The molecule has 0 aliphatic carbocycles. The van der Waals surface area contributed by atoms with Crippen molar-refractivity contribution in [3.05, 3.63) is 153 Å². The highest BCUT2D eigenvalue weighted by molar-refractivity contribution is 14.1. The van der Waals surface area contributed by atoms with Gasteiger partial charge in [-0.05, 0) is 118 Å². The largest absolute Gasteiger partial charge is 0.452 e. The third-order valence-corrected chi connectivity index (χ3v) is 7.87. The molecule has 0 fully saturated rings. The molecule has 0 atom stereocenters. The second-order valence-corrected chi connectivity index (χ2v) is 11.6. The van der Waals surface area contributed by atoms with E-state index in [4.69, 9.17) is 30.4 Å². The number of nitrogens with two attached hydrogens (primary N) is 2. The van der Waals surface area contributed by atoms with Crippen molar-refractivity contribution >= 4 is 56.6 Å². The maximum Gasteiger partial charge on any atom is 0.170 e. The van der Waals surface area contributed by atoms with Crippen molar-refractivity contribution in [1.82, 2.24) is 0 Å². The second-order valence-electron chi connectivity index (χ2n) is 9.24. The van der Waals surface area contributed by atoms with E-state index < -0.39 is 0 Å². The average molecular weight is 806 g/mol. The van der Waals surface area contributed by atoms with Gasteiger partial charge in [0, 0.05) is 0 Å². The average Bonchev–Trinajstić information content (AvgIpc) is 3.04. The van der Waals surface area contributed by atoms with Crippen molar-refractivity contribution in [1.29, 1.82) is 0 Å². The summed E-state index contributed by atoms with van der Waals surface area (Å²) in [5, 5.41) is 0. The molecule has 0 bridgehead atoms. The standard InChI is InChI=1S/C18H12I2O2.C18H16N2O2/c2*19-13-7-1-3-9-15(13)21-17-11-5-6-12-18(17)22-16-10-4-2-8-14(16)20/h1-12H;1-12H,19-20H2. The van der Waals surface area contributed by atoms with E-state index in [-0.39, 0.29) is 0 Å². The predicted molar refractivity (Wildman–Crippen MR) is 193 cm³/mol. The van der Waals surface area contributed by atoms with Crippen LogP contribution in [0.1, 0.15) is 0 Å². The van der Waals surface area contributed by atoms with Gasteiger partial charge in [-0.2, -0.15) is 0 Å². The number of hydrogen-bond donors (Lipinski definition) is 2. The number of ether oxygens (including phenoxy) is 4. The van der Waals surface area contributed by atoms with Crippen molar-refractivity contribution in [3.63, 3.8) is 0 Å². The molecule has 6 aromatic rings. The molecular formula is C36H28I2N2O4. The molecule has 0 amide bonds. The third kappa shape index (κ3) is 8.35. The zero-order valence-electron chi connectivity index (χ0n) is 23.4. The van der Waals surface area contributed by atoms with Crippen LogP contribution in [-0.4, -0.2) is 0 Å². The molecular weight excluding hydrogens is 778 g/mol. The summed E-state index contributed by atoms with van der Waals surface area (Å²) in [5.74, 6) is 5.35. The molecule has 44 heavy (non-hydrogen) atoms. The van der Waals surface area contributed by atoms with Crippen LogP contribution in [0.3, 0.4) is 0 Å². The number of para-hydroxylation sites is 10. The lowest BCUT2D eigenvalue weighted by molar-refractivity contribution is 0.416. The van der Waals surface area contributed by atoms with Gasteiger partial charge in [0.15, 0.2) is 34.5 Å². The van der Waals surface area contributed by atoms with Crippen LogP contribution in [-0.2, 0) is 0 Å². The van der Waals surface area contributed by atoms with E-state index in [0.717, 1.165) is 18.6 Å². The molecule has 220 valence electrons. The second kappa shape index (κ2) is 15.3. The van der Waals surface area contributed by atoms with Crippen molar-refractivity contribution in [3.8, 4) is 46.0 Å². The number of hydrogen-bond acceptors (Lipinski definition) is 6. The summed E-state index contributed by atoms with van der Waals surface area (Å²) in [4.78, 5) is 0. The Morgan fingerprint density at radius 2 is 0.523 bits per heavy atom. The molecule has 0 unspecified atom stereocenters. The number of halogens is 2. The number of rotatable bonds is 8. The molecule has 8 heteroatoms. The van der Waals surface area contributed by atoms with E-state index in [2.05, 4.69) is 45.2 Å². The SMILES string of the molecule is Ic1ccccc1Oc1ccccc1Oc1ccccc1I.Nc1ccccc1Oc1ccccc1Oc1ccccc1N. The van der Waals surface area contributed by atoms with E-state index in [9.17, 15) is 0 Å². The summed E-state index contributed by atoms with van der Waals surface area (Å²) in [6, 6.07) is 45.5. The van der Waals surface area contributed by atoms with E-state index >= 15 is 0 Å². The number of anilines is 2. The van der Waals surface area contributed by atoms with Crippen LogP contribution in [0, 0.1) is 7.14 Å². The van der Waals surface area contributed by atoms with Crippen LogP contribution in [0.4, 0.5) is 11.4 Å². The maximum absolute atomic E-state index is 6.02. The van der Waals surface area contributed by atoms with Gasteiger partial charge in [-0.3, -0.25) is 0 Å². The molecule has 0 aliphatic heterocycles. The summed E-state index contributed by atoms with van der Waals surface area (Å²) in [6.45, 7) is 0. The molecule has 0 heterocycles. The Kier molecular flexibility index (Phi) is 10.8. The highest BCUT2D eigenvalue weighted by Crippen LogP contribution is 2.38. The van der Waals surface area contributed by atoms with E-state index in [1.54, 1.807) is 12.1 Å². The fourth-order valence-electron chi connectivity index (χ4n) is 3.91. The van der Waals surface area contributed by atoms with Crippen LogP contribution >= 0.6 is 45.2 Å². The first-order chi connectivity index (χ1) is 21.5. The lowest BCUT2D eigenvalue weighted by Crippen LogP contribution is -1.95. The minimum atomic E-state index is 0.566. The van der Waals surface area contributed by atoms with E-state index in [1.807, 2.05) is 133 Å². The predicted octanol–water partition coefficient (Wildman–Crippen LogP) is 10.9. The fourth-order valence-corrected chi connectivity index (χ4v) is 4.91. The Labute approximate surface area is 283 Å². The Bertz CT molecular complexity index is 1580. The molecule has 0 saturated heterocycles. The zero-order chi connectivity index (χ0) is 30.7. The summed E-state index contributed by atoms with van der Waals surface area (Å²) in [5.41, 5.74) is 13.0. The van der Waals surface area contributed by atoms with Crippen LogP contribution in [0.15, 0.2) is 146 Å². The van der Waals surface area contributed by atoms with Gasteiger partial charge in [-0.15, -0.1) is 0 Å². The van der Waals surface area contributed by atoms with Gasteiger partial charge >= 0.3 is 0 Å². The Hall–Kier alpha value is -4.42. The minimum Gasteiger partial charge on any atom is -0.452 e. The summed E-state index contributed by atoms with van der Waals surface area (Å²) in [7, 11) is 0. The van der Waals surface area contributed by atoms with Crippen molar-refractivity contribution in [2.45, 2.75) is 0 Å². The first-order valence-electron chi connectivity index (χ1n) is 13.6. The van der Waals surface area contributed by atoms with E-state index in [0.29, 0.717) is 45.9 Å². The molecule has 0 saturated carbocycles. The lowest BCUT2D eigenvalue weighted by Gasteiger charge is -2.14. The van der Waals surface area contributed by atoms with Crippen molar-refractivity contribution in [2.24, 2.45) is 0 Å². The molecule has 6 rings (SSSR count). The molecule has 6 nitrogen and oxygen atoms in total. The highest BCUT2D eigenvalue weighted by Gasteiger charge is 2.11. The normalized spacial score (nSPS) is 10.2. The first kappa shape index (κ1) is 31.0. The molecule has 6 aromatic carbocycles. The van der Waals surface area contributed by atoms with Crippen LogP contribution < -0.4 is 30.4 Å². The fraction of sp³-hybridized carbons (Fsp3) is 0. The van der Waals surface area contributed by atoms with Gasteiger partial charge in [0.2, 0.25) is 0 Å². The smallest absolute Gasteiger partial charge is 0.170 e. The van der Waals surface area contributed by atoms with Gasteiger partial charge in [0.25, 0.3) is 0 Å². The van der Waals surface area contributed by atoms with Gasteiger partial charge in [-0.1, -0.05) is 72.8 Å². The highest BCUT2D eigenvalue weighted by atomic mass is 127. The van der Waals surface area contributed by atoms with Crippen LogP contribution in [0.2, 0.25) is 0 Å². The summed E-state index contributed by atoms with van der Waals surface area (Å²) < 4.78 is 25.9. The summed E-state index contributed by atoms with van der Waals surface area (Å²) >= 11 is 4.52. The Morgan fingerprint density at radius 3 is 0.818 bits per heavy atom. The maximum atomic E-state index is 6.02. The van der Waals surface area contributed by atoms with E-state index in [1.165, 1.54) is 0 Å². The van der Waals surface area contributed by atoms with Crippen LogP contribution in [0.5, 0.6) is 46.0 Å². The molecule has 0 spiro atoms. The topological polar surface area (TPSA) is 89.0 Å². The molecule has 4 N–H and O–H groups in total. The molecule has 0 aliphatic rings. The summed E-state index contributed by atoms with van der Waals surface area (Å²) in [6.07, 6.45) is 0. The van der Waals surface area contributed by atoms with Crippen LogP contribution in [0.25, 0.3) is 0 Å². The van der Waals surface area contributed by atoms with Gasteiger partial charge in [-0.25, -0.2) is 0 Å². The number of nitrogen functional groups attached to an aromatic ring is 2. The quantitative estimate of drug-likeness (QED) is 0.118. The first-order valence-corrected chi connectivity index (χ1v) is 15.7. The number of benzene rings is 6. The van der Waals surface area contributed by atoms with Crippen molar-refractivity contribution < 1.29 is 18.9 Å². The Morgan fingerprint density at radius 1 is 0.295 bits per heavy atom. The van der Waals surface area contributed by atoms with Gasteiger partial charge < -0.3 is 30.4 Å². The third-order valence-electron chi connectivity index (χ3n) is 6.09. The molecule has 0 radical (unpaired) electrons. The lowest BCUT2D eigenvalue weighted by atomic mass is 10.2. The molecule has 0 aromatic heterocycles. The Balaban J connectivity index is 0.000000175. The van der Waals surface area contributed by atoms with Gasteiger partial charge in [0.1, 0.15) is 11.5 Å².